The summed E-state index contributed by atoms with van der Waals surface area (Å²) >= 11 is 0. The molecule has 0 spiro atoms. The second-order valence-corrected chi connectivity index (χ2v) is 7.45. The van der Waals surface area contributed by atoms with Crippen molar-refractivity contribution in [3.8, 4) is 0 Å². The molecule has 118 valence electrons. The molecule has 2 saturated carbocycles. The molecule has 0 aromatic rings. The largest absolute Gasteiger partial charge is 0.317 e. The van der Waals surface area contributed by atoms with Gasteiger partial charge in [0.2, 0.25) is 0 Å². The van der Waals surface area contributed by atoms with Gasteiger partial charge in [0.15, 0.2) is 0 Å². The van der Waals surface area contributed by atoms with Crippen LogP contribution < -0.4 is 5.32 Å². The van der Waals surface area contributed by atoms with Crippen molar-refractivity contribution in [3.63, 3.8) is 0 Å². The Balaban J connectivity index is 1.95. The molecule has 20 heavy (non-hydrogen) atoms. The standard InChI is InChI=1S/C19H37N/c1-3-9-16-12-13-18(15-20-4-2)19(14-16)17-10-7-5-6-8-11-17/h16-20H,3-15H2,1-2H3. The number of rotatable bonds is 6. The lowest BCUT2D eigenvalue weighted by Crippen LogP contribution is -2.37. The highest BCUT2D eigenvalue weighted by atomic mass is 14.8. The van der Waals surface area contributed by atoms with Crippen molar-refractivity contribution >= 4 is 0 Å². The Morgan fingerprint density at radius 2 is 1.65 bits per heavy atom. The second kappa shape index (κ2) is 9.07. The van der Waals surface area contributed by atoms with Crippen LogP contribution in [0.4, 0.5) is 0 Å². The Hall–Kier alpha value is -0.0400. The Kier molecular flexibility index (Phi) is 7.41. The van der Waals surface area contributed by atoms with Crippen LogP contribution in [-0.2, 0) is 0 Å². The molecule has 1 heteroatoms. The first kappa shape index (κ1) is 16.3. The van der Waals surface area contributed by atoms with Gasteiger partial charge in [0.25, 0.3) is 0 Å². The fourth-order valence-corrected chi connectivity index (χ4v) is 4.93. The first-order valence-corrected chi connectivity index (χ1v) is 9.55. The minimum Gasteiger partial charge on any atom is -0.317 e. The normalized spacial score (nSPS) is 33.0. The maximum absolute atomic E-state index is 3.65. The van der Waals surface area contributed by atoms with E-state index >= 15 is 0 Å². The van der Waals surface area contributed by atoms with Gasteiger partial charge >= 0.3 is 0 Å². The fraction of sp³-hybridized carbons (Fsp3) is 1.00. The third-order valence-electron chi connectivity index (χ3n) is 6.02. The zero-order valence-electron chi connectivity index (χ0n) is 14.0. The highest BCUT2D eigenvalue weighted by Crippen LogP contribution is 2.43. The molecule has 1 N–H and O–H groups in total. The van der Waals surface area contributed by atoms with Gasteiger partial charge in [-0.05, 0) is 49.6 Å². The van der Waals surface area contributed by atoms with E-state index in [0.717, 1.165) is 30.2 Å². The van der Waals surface area contributed by atoms with Crippen LogP contribution in [0, 0.1) is 23.7 Å². The van der Waals surface area contributed by atoms with E-state index in [1.165, 1.54) is 70.8 Å². The fourth-order valence-electron chi connectivity index (χ4n) is 4.93. The van der Waals surface area contributed by atoms with E-state index < -0.39 is 0 Å². The summed E-state index contributed by atoms with van der Waals surface area (Å²) in [6.07, 6.45) is 16.5. The monoisotopic (exact) mass is 279 g/mol. The van der Waals surface area contributed by atoms with Gasteiger partial charge in [0, 0.05) is 0 Å². The van der Waals surface area contributed by atoms with Gasteiger partial charge in [-0.15, -0.1) is 0 Å². The van der Waals surface area contributed by atoms with Crippen LogP contribution in [0.15, 0.2) is 0 Å². The third-order valence-corrected chi connectivity index (χ3v) is 6.02. The predicted molar refractivity (Wildman–Crippen MR) is 89.0 cm³/mol. The molecule has 2 aliphatic carbocycles. The van der Waals surface area contributed by atoms with E-state index in [4.69, 9.17) is 0 Å². The zero-order valence-corrected chi connectivity index (χ0v) is 14.0. The maximum atomic E-state index is 3.65. The van der Waals surface area contributed by atoms with Crippen molar-refractivity contribution in [2.45, 2.75) is 84.5 Å². The van der Waals surface area contributed by atoms with E-state index in [-0.39, 0.29) is 0 Å². The summed E-state index contributed by atoms with van der Waals surface area (Å²) in [6.45, 7) is 7.05. The van der Waals surface area contributed by atoms with E-state index in [0.29, 0.717) is 0 Å². The molecular formula is C19H37N. The molecular weight excluding hydrogens is 242 g/mol. The third kappa shape index (κ3) is 4.76. The van der Waals surface area contributed by atoms with Crippen molar-refractivity contribution in [2.75, 3.05) is 13.1 Å². The van der Waals surface area contributed by atoms with Gasteiger partial charge < -0.3 is 5.32 Å². The summed E-state index contributed by atoms with van der Waals surface area (Å²) in [5.41, 5.74) is 0. The molecule has 0 radical (unpaired) electrons. The number of hydrogen-bond donors (Lipinski definition) is 1. The van der Waals surface area contributed by atoms with Crippen molar-refractivity contribution < 1.29 is 0 Å². The molecule has 0 saturated heterocycles. The summed E-state index contributed by atoms with van der Waals surface area (Å²) in [5, 5.41) is 3.65. The molecule has 2 rings (SSSR count). The van der Waals surface area contributed by atoms with Crippen molar-refractivity contribution in [1.29, 1.82) is 0 Å². The van der Waals surface area contributed by atoms with Crippen molar-refractivity contribution in [2.24, 2.45) is 23.7 Å². The lowest BCUT2D eigenvalue weighted by atomic mass is 9.66. The molecule has 2 aliphatic rings. The average molecular weight is 280 g/mol. The highest BCUT2D eigenvalue weighted by molar-refractivity contribution is 4.86. The molecule has 3 unspecified atom stereocenters. The molecule has 3 atom stereocenters. The van der Waals surface area contributed by atoms with Gasteiger partial charge in [-0.3, -0.25) is 0 Å². The first-order valence-electron chi connectivity index (χ1n) is 9.55. The Morgan fingerprint density at radius 3 is 2.30 bits per heavy atom. The van der Waals surface area contributed by atoms with Crippen LogP contribution in [0.3, 0.4) is 0 Å². The molecule has 1 nitrogen and oxygen atoms in total. The van der Waals surface area contributed by atoms with E-state index in [9.17, 15) is 0 Å². The van der Waals surface area contributed by atoms with E-state index in [1.54, 1.807) is 6.42 Å². The van der Waals surface area contributed by atoms with E-state index in [1.807, 2.05) is 0 Å². The molecule has 2 fully saturated rings. The quantitative estimate of drug-likeness (QED) is 0.642. The molecule has 0 aromatic carbocycles. The summed E-state index contributed by atoms with van der Waals surface area (Å²) in [7, 11) is 0. The first-order chi connectivity index (χ1) is 9.85. The van der Waals surface area contributed by atoms with Gasteiger partial charge in [-0.25, -0.2) is 0 Å². The van der Waals surface area contributed by atoms with Gasteiger partial charge in [0.05, 0.1) is 0 Å². The maximum Gasteiger partial charge on any atom is -0.00179 e. The Labute approximate surface area is 127 Å². The van der Waals surface area contributed by atoms with Gasteiger partial charge in [-0.2, -0.15) is 0 Å². The summed E-state index contributed by atoms with van der Waals surface area (Å²) in [4.78, 5) is 0. The molecule has 0 aliphatic heterocycles. The Bertz CT molecular complexity index is 242. The van der Waals surface area contributed by atoms with Crippen LogP contribution in [0.5, 0.6) is 0 Å². The lowest BCUT2D eigenvalue weighted by molar-refractivity contribution is 0.105. The minimum absolute atomic E-state index is 0.978. The topological polar surface area (TPSA) is 12.0 Å². The minimum atomic E-state index is 0.978. The van der Waals surface area contributed by atoms with Crippen LogP contribution in [0.1, 0.15) is 84.5 Å². The second-order valence-electron chi connectivity index (χ2n) is 7.45. The van der Waals surface area contributed by atoms with Crippen LogP contribution in [0.2, 0.25) is 0 Å². The van der Waals surface area contributed by atoms with Crippen LogP contribution >= 0.6 is 0 Å². The van der Waals surface area contributed by atoms with Gasteiger partial charge in [-0.1, -0.05) is 71.6 Å². The summed E-state index contributed by atoms with van der Waals surface area (Å²) in [5.74, 6) is 4.12. The van der Waals surface area contributed by atoms with Gasteiger partial charge in [0.1, 0.15) is 0 Å². The Morgan fingerprint density at radius 1 is 0.900 bits per heavy atom. The summed E-state index contributed by atoms with van der Waals surface area (Å²) in [6, 6.07) is 0. The number of nitrogens with one attached hydrogen (secondary N) is 1. The van der Waals surface area contributed by atoms with Crippen molar-refractivity contribution in [3.05, 3.63) is 0 Å². The molecule has 0 aromatic heterocycles. The van der Waals surface area contributed by atoms with Crippen LogP contribution in [0.25, 0.3) is 0 Å². The lowest BCUT2D eigenvalue weighted by Gasteiger charge is -2.41. The van der Waals surface area contributed by atoms with Crippen molar-refractivity contribution in [1.82, 2.24) is 5.32 Å². The zero-order chi connectivity index (χ0) is 14.2. The predicted octanol–water partition coefficient (Wildman–Crippen LogP) is 5.40. The highest BCUT2D eigenvalue weighted by Gasteiger charge is 2.34. The molecule has 0 bridgehead atoms. The molecule has 0 heterocycles. The average Bonchev–Trinajstić information content (AvgIpc) is 2.75. The molecule has 0 amide bonds. The van der Waals surface area contributed by atoms with Crippen LogP contribution in [-0.4, -0.2) is 13.1 Å². The number of hydrogen-bond acceptors (Lipinski definition) is 1. The summed E-state index contributed by atoms with van der Waals surface area (Å²) < 4.78 is 0. The smallest absolute Gasteiger partial charge is 0.00179 e. The van der Waals surface area contributed by atoms with E-state index in [2.05, 4.69) is 19.2 Å². The SMILES string of the molecule is CCCC1CCC(CNCC)C(C2CCCCCC2)C1.